The molecule has 1 amide bonds. The lowest BCUT2D eigenvalue weighted by Crippen LogP contribution is -2.50. The van der Waals surface area contributed by atoms with Crippen LogP contribution in [0, 0.1) is 0 Å². The second kappa shape index (κ2) is 9.78. The molecule has 0 saturated carbocycles. The Morgan fingerprint density at radius 3 is 2.39 bits per heavy atom. The second-order valence-electron chi connectivity index (χ2n) is 7.80. The zero-order valence-corrected chi connectivity index (χ0v) is 17.6. The molecule has 1 aromatic rings. The summed E-state index contributed by atoms with van der Waals surface area (Å²) in [6, 6.07) is 8.06. The molecule has 28 heavy (non-hydrogen) atoms. The van der Waals surface area contributed by atoms with Crippen LogP contribution in [0.1, 0.15) is 33.3 Å². The number of amides is 1. The van der Waals surface area contributed by atoms with Crippen LogP contribution >= 0.6 is 0 Å². The van der Waals surface area contributed by atoms with Crippen LogP contribution < -0.4 is 4.90 Å². The lowest BCUT2D eigenvalue weighted by molar-refractivity contribution is -0.154. The van der Waals surface area contributed by atoms with Crippen LogP contribution in [0.3, 0.4) is 0 Å². The van der Waals surface area contributed by atoms with Crippen molar-refractivity contribution in [3.05, 3.63) is 29.8 Å². The van der Waals surface area contributed by atoms with E-state index in [1.165, 1.54) is 7.11 Å². The van der Waals surface area contributed by atoms with Gasteiger partial charge in [-0.25, -0.2) is 9.59 Å². The molecular formula is C21H32N2O5. The maximum Gasteiger partial charge on any atom is 0.410 e. The molecule has 1 unspecified atom stereocenters. The maximum atomic E-state index is 12.2. The lowest BCUT2D eigenvalue weighted by Gasteiger charge is -2.37. The number of carbonyl (C=O) groups excluding carboxylic acids is 2. The first-order valence-corrected chi connectivity index (χ1v) is 9.74. The zero-order valence-electron chi connectivity index (χ0n) is 17.6. The third-order valence-corrected chi connectivity index (χ3v) is 4.46. The molecule has 0 spiro atoms. The number of esters is 1. The van der Waals surface area contributed by atoms with E-state index < -0.39 is 11.7 Å². The minimum absolute atomic E-state index is 0.265. The molecule has 0 aliphatic carbocycles. The third-order valence-electron chi connectivity index (χ3n) is 4.46. The van der Waals surface area contributed by atoms with Crippen molar-refractivity contribution in [2.24, 2.45) is 0 Å². The Morgan fingerprint density at radius 1 is 1.14 bits per heavy atom. The van der Waals surface area contributed by atoms with Crippen LogP contribution in [0.2, 0.25) is 0 Å². The Hall–Kier alpha value is -2.28. The summed E-state index contributed by atoms with van der Waals surface area (Å²) in [4.78, 5) is 28.1. The quantitative estimate of drug-likeness (QED) is 0.694. The third kappa shape index (κ3) is 6.41. The average Bonchev–Trinajstić information content (AvgIpc) is 2.65. The number of hydrogen-bond donors (Lipinski definition) is 0. The highest BCUT2D eigenvalue weighted by Crippen LogP contribution is 2.20. The van der Waals surface area contributed by atoms with Crippen LogP contribution in [0.15, 0.2) is 24.3 Å². The Morgan fingerprint density at radius 2 is 1.82 bits per heavy atom. The summed E-state index contributed by atoms with van der Waals surface area (Å²) in [7, 11) is 1.52. The Bertz CT molecular complexity index is 663. The van der Waals surface area contributed by atoms with E-state index in [0.29, 0.717) is 26.1 Å². The predicted octanol–water partition coefficient (Wildman–Crippen LogP) is 2.86. The molecule has 1 heterocycles. The number of anilines is 1. The van der Waals surface area contributed by atoms with Crippen molar-refractivity contribution in [3.63, 3.8) is 0 Å². The van der Waals surface area contributed by atoms with E-state index in [1.807, 2.05) is 39.0 Å². The maximum absolute atomic E-state index is 12.2. The van der Waals surface area contributed by atoms with Crippen LogP contribution in [-0.2, 0) is 25.4 Å². The van der Waals surface area contributed by atoms with E-state index >= 15 is 0 Å². The van der Waals surface area contributed by atoms with Gasteiger partial charge in [-0.1, -0.05) is 12.1 Å². The summed E-state index contributed by atoms with van der Waals surface area (Å²) in [5, 5.41) is 0. The van der Waals surface area contributed by atoms with Gasteiger partial charge in [0.1, 0.15) is 5.60 Å². The standard InChI is InChI=1S/C21H32N2O5/c1-6-27-19(24)18(26-5)15-16-8-7-9-17(14-16)22-10-12-23(13-11-22)20(25)28-21(2,3)4/h7-9,14,18H,6,10-13,15H2,1-5H3. The van der Waals surface area contributed by atoms with Crippen LogP contribution in [-0.4, -0.2) is 68.6 Å². The molecule has 0 bridgehead atoms. The summed E-state index contributed by atoms with van der Waals surface area (Å²) in [6.07, 6.45) is -0.418. The Balaban J connectivity index is 1.96. The number of benzene rings is 1. The number of ether oxygens (including phenoxy) is 3. The van der Waals surface area contributed by atoms with E-state index in [0.717, 1.165) is 24.3 Å². The van der Waals surface area contributed by atoms with Gasteiger partial charge in [0.25, 0.3) is 0 Å². The highest BCUT2D eigenvalue weighted by molar-refractivity contribution is 5.75. The van der Waals surface area contributed by atoms with Gasteiger partial charge in [0.2, 0.25) is 0 Å². The number of methoxy groups -OCH3 is 1. The molecule has 2 rings (SSSR count). The van der Waals surface area contributed by atoms with Crippen molar-refractivity contribution in [2.45, 2.75) is 45.8 Å². The summed E-state index contributed by atoms with van der Waals surface area (Å²) < 4.78 is 15.8. The lowest BCUT2D eigenvalue weighted by atomic mass is 10.1. The minimum atomic E-state index is -0.612. The molecule has 1 aliphatic rings. The van der Waals surface area contributed by atoms with Gasteiger partial charge >= 0.3 is 12.1 Å². The van der Waals surface area contributed by atoms with Gasteiger partial charge in [-0.05, 0) is 45.4 Å². The average molecular weight is 392 g/mol. The summed E-state index contributed by atoms with van der Waals surface area (Å²) in [5.74, 6) is -0.346. The first-order chi connectivity index (χ1) is 13.2. The fourth-order valence-electron chi connectivity index (χ4n) is 3.07. The number of rotatable bonds is 6. The number of carbonyl (C=O) groups is 2. The minimum Gasteiger partial charge on any atom is -0.464 e. The molecule has 0 aromatic heterocycles. The van der Waals surface area contributed by atoms with Gasteiger partial charge < -0.3 is 24.0 Å². The van der Waals surface area contributed by atoms with E-state index in [-0.39, 0.29) is 12.1 Å². The smallest absolute Gasteiger partial charge is 0.410 e. The van der Waals surface area contributed by atoms with E-state index in [1.54, 1.807) is 11.8 Å². The highest BCUT2D eigenvalue weighted by atomic mass is 16.6. The number of hydrogen-bond acceptors (Lipinski definition) is 6. The predicted molar refractivity (Wildman–Crippen MR) is 108 cm³/mol. The number of nitrogens with zero attached hydrogens (tertiary/aromatic N) is 2. The van der Waals surface area contributed by atoms with Crippen molar-refractivity contribution in [3.8, 4) is 0 Å². The molecule has 7 nitrogen and oxygen atoms in total. The van der Waals surface area contributed by atoms with Crippen LogP contribution in [0.25, 0.3) is 0 Å². The molecular weight excluding hydrogens is 360 g/mol. The summed E-state index contributed by atoms with van der Waals surface area (Å²) >= 11 is 0. The zero-order chi connectivity index (χ0) is 20.7. The molecule has 0 radical (unpaired) electrons. The molecule has 156 valence electrons. The number of piperazine rings is 1. The molecule has 1 fully saturated rings. The van der Waals surface area contributed by atoms with Crippen molar-refractivity contribution >= 4 is 17.7 Å². The summed E-state index contributed by atoms with van der Waals surface area (Å²) in [6.45, 7) is 10.4. The monoisotopic (exact) mass is 392 g/mol. The first-order valence-electron chi connectivity index (χ1n) is 9.74. The molecule has 1 aromatic carbocycles. The highest BCUT2D eigenvalue weighted by Gasteiger charge is 2.26. The van der Waals surface area contributed by atoms with Crippen molar-refractivity contribution in [2.75, 3.05) is 44.8 Å². The topological polar surface area (TPSA) is 68.3 Å². The van der Waals surface area contributed by atoms with Gasteiger partial charge in [-0.15, -0.1) is 0 Å². The molecule has 1 saturated heterocycles. The Labute approximate surface area is 167 Å². The van der Waals surface area contributed by atoms with Crippen LogP contribution in [0.4, 0.5) is 10.5 Å². The van der Waals surface area contributed by atoms with E-state index in [4.69, 9.17) is 14.2 Å². The molecule has 1 atom stereocenters. The SMILES string of the molecule is CCOC(=O)C(Cc1cccc(N2CCN(C(=O)OC(C)(C)C)CC2)c1)OC. The van der Waals surface area contributed by atoms with Crippen LogP contribution in [0.5, 0.6) is 0 Å². The van der Waals surface area contributed by atoms with Gasteiger partial charge in [0.05, 0.1) is 6.61 Å². The van der Waals surface area contributed by atoms with Crippen molar-refractivity contribution in [1.29, 1.82) is 0 Å². The van der Waals surface area contributed by atoms with Gasteiger partial charge in [0, 0.05) is 45.4 Å². The van der Waals surface area contributed by atoms with E-state index in [2.05, 4.69) is 11.0 Å². The molecule has 7 heteroatoms. The van der Waals surface area contributed by atoms with Crippen molar-refractivity contribution < 1.29 is 23.8 Å². The van der Waals surface area contributed by atoms with Gasteiger partial charge in [-0.2, -0.15) is 0 Å². The fraction of sp³-hybridized carbons (Fsp3) is 0.619. The Kier molecular flexibility index (Phi) is 7.69. The largest absolute Gasteiger partial charge is 0.464 e. The normalized spacial score (nSPS) is 15.9. The van der Waals surface area contributed by atoms with Gasteiger partial charge in [-0.3, -0.25) is 0 Å². The molecule has 1 aliphatic heterocycles. The first kappa shape index (κ1) is 22.0. The second-order valence-corrected chi connectivity index (χ2v) is 7.80. The summed E-state index contributed by atoms with van der Waals surface area (Å²) in [5.41, 5.74) is 1.59. The van der Waals surface area contributed by atoms with E-state index in [9.17, 15) is 9.59 Å². The fourth-order valence-corrected chi connectivity index (χ4v) is 3.07. The van der Waals surface area contributed by atoms with Gasteiger partial charge in [0.15, 0.2) is 6.10 Å². The van der Waals surface area contributed by atoms with Crippen molar-refractivity contribution in [1.82, 2.24) is 4.90 Å². The molecule has 0 N–H and O–H groups in total.